The minimum Gasteiger partial charge on any atom is -0.465 e. The summed E-state index contributed by atoms with van der Waals surface area (Å²) >= 11 is 1.58. The summed E-state index contributed by atoms with van der Waals surface area (Å²) in [5.74, 6) is 0.749. The average Bonchev–Trinajstić information content (AvgIpc) is 2.83. The summed E-state index contributed by atoms with van der Waals surface area (Å²) in [7, 11) is 1.34. The number of ether oxygens (including phenoxy) is 1. The number of carbonyl (C=O) groups is 2. The number of aromatic nitrogens is 1. The zero-order valence-corrected chi connectivity index (χ0v) is 14.7. The van der Waals surface area contributed by atoms with Crippen molar-refractivity contribution in [2.24, 2.45) is 0 Å². The molecule has 0 spiro atoms. The van der Waals surface area contributed by atoms with Crippen LogP contribution in [0.25, 0.3) is 0 Å². The number of hydrogen-bond acceptors (Lipinski definition) is 4. The van der Waals surface area contributed by atoms with Gasteiger partial charge in [0.15, 0.2) is 5.78 Å². The fourth-order valence-electron chi connectivity index (χ4n) is 2.53. The molecule has 0 atom stereocenters. The van der Waals surface area contributed by atoms with E-state index in [0.717, 1.165) is 5.75 Å². The Hall–Kier alpha value is -2.01. The smallest absolute Gasteiger partial charge is 0.339 e. The van der Waals surface area contributed by atoms with Crippen LogP contribution in [0, 0.1) is 20.8 Å². The van der Waals surface area contributed by atoms with Crippen molar-refractivity contribution in [2.45, 2.75) is 26.5 Å². The lowest BCUT2D eigenvalue weighted by Gasteiger charge is -2.05. The zero-order chi connectivity index (χ0) is 17.0. The maximum absolute atomic E-state index is 12.4. The van der Waals surface area contributed by atoms with Crippen LogP contribution in [-0.4, -0.2) is 29.6 Å². The molecule has 0 saturated carbocycles. The van der Waals surface area contributed by atoms with Gasteiger partial charge in [0.25, 0.3) is 0 Å². The number of carbonyl (C=O) groups excluding carboxylic acids is 2. The second kappa shape index (κ2) is 7.51. The second-order valence-electron chi connectivity index (χ2n) is 5.46. The van der Waals surface area contributed by atoms with Gasteiger partial charge in [-0.25, -0.2) is 4.79 Å². The second-order valence-corrected chi connectivity index (χ2v) is 6.44. The van der Waals surface area contributed by atoms with Crippen LogP contribution in [0.5, 0.6) is 0 Å². The van der Waals surface area contributed by atoms with Crippen LogP contribution >= 0.6 is 11.8 Å². The van der Waals surface area contributed by atoms with Crippen LogP contribution in [-0.2, 0) is 10.5 Å². The summed E-state index contributed by atoms with van der Waals surface area (Å²) in [5, 5.41) is 0. The van der Waals surface area contributed by atoms with Crippen molar-refractivity contribution in [3.8, 4) is 0 Å². The Balaban J connectivity index is 2.04. The van der Waals surface area contributed by atoms with E-state index in [1.807, 2.05) is 12.1 Å². The van der Waals surface area contributed by atoms with Crippen LogP contribution in [0.1, 0.15) is 43.2 Å². The maximum atomic E-state index is 12.4. The van der Waals surface area contributed by atoms with Crippen molar-refractivity contribution in [3.05, 3.63) is 57.9 Å². The van der Waals surface area contributed by atoms with Gasteiger partial charge in [-0.1, -0.05) is 24.3 Å². The van der Waals surface area contributed by atoms with Crippen molar-refractivity contribution in [1.29, 1.82) is 0 Å². The zero-order valence-electron chi connectivity index (χ0n) is 13.9. The highest BCUT2D eigenvalue weighted by molar-refractivity contribution is 7.99. The Morgan fingerprint density at radius 2 is 1.87 bits per heavy atom. The van der Waals surface area contributed by atoms with Crippen molar-refractivity contribution in [1.82, 2.24) is 4.98 Å². The van der Waals surface area contributed by atoms with Crippen molar-refractivity contribution in [3.63, 3.8) is 0 Å². The van der Waals surface area contributed by atoms with Gasteiger partial charge in [0.05, 0.1) is 24.1 Å². The Bertz CT molecular complexity index is 734. The number of thioether (sulfide) groups is 1. The van der Waals surface area contributed by atoms with E-state index in [1.54, 1.807) is 25.6 Å². The predicted molar refractivity (Wildman–Crippen MR) is 93.3 cm³/mol. The van der Waals surface area contributed by atoms with E-state index >= 15 is 0 Å². The van der Waals surface area contributed by atoms with Gasteiger partial charge in [-0.2, -0.15) is 0 Å². The monoisotopic (exact) mass is 331 g/mol. The number of hydrogen-bond donors (Lipinski definition) is 1. The molecule has 0 radical (unpaired) electrons. The first kappa shape index (κ1) is 17.3. The van der Waals surface area contributed by atoms with Gasteiger partial charge < -0.3 is 9.72 Å². The highest BCUT2D eigenvalue weighted by Gasteiger charge is 2.22. The summed E-state index contributed by atoms with van der Waals surface area (Å²) in [6, 6.07) is 8.16. The Morgan fingerprint density at radius 3 is 2.52 bits per heavy atom. The van der Waals surface area contributed by atoms with E-state index in [4.69, 9.17) is 4.74 Å². The molecule has 2 aromatic rings. The number of esters is 1. The molecule has 1 N–H and O–H groups in total. The number of nitrogens with one attached hydrogen (secondary N) is 1. The topological polar surface area (TPSA) is 59.2 Å². The number of benzene rings is 1. The minimum absolute atomic E-state index is 0.000614. The number of aryl methyl sites for hydroxylation is 2. The van der Waals surface area contributed by atoms with Gasteiger partial charge in [-0.15, -0.1) is 11.8 Å². The summed E-state index contributed by atoms with van der Waals surface area (Å²) in [5.41, 5.74) is 4.75. The molecule has 23 heavy (non-hydrogen) atoms. The molecule has 122 valence electrons. The first-order chi connectivity index (χ1) is 11.0. The number of methoxy groups -OCH3 is 1. The van der Waals surface area contributed by atoms with E-state index in [0.29, 0.717) is 28.3 Å². The molecular formula is C18H21NO3S. The molecule has 0 saturated heterocycles. The first-order valence-electron chi connectivity index (χ1n) is 7.38. The summed E-state index contributed by atoms with van der Waals surface area (Å²) in [6.07, 6.45) is 0. The van der Waals surface area contributed by atoms with Crippen LogP contribution in [0.4, 0.5) is 0 Å². The summed E-state index contributed by atoms with van der Waals surface area (Å²) in [6.45, 7) is 5.62. The lowest BCUT2D eigenvalue weighted by Crippen LogP contribution is -2.07. The van der Waals surface area contributed by atoms with Gasteiger partial charge in [0.2, 0.25) is 0 Å². The highest BCUT2D eigenvalue weighted by atomic mass is 32.2. The number of H-pyrrole nitrogens is 1. The van der Waals surface area contributed by atoms with Crippen LogP contribution < -0.4 is 0 Å². The molecule has 0 fully saturated rings. The molecule has 0 aliphatic heterocycles. The number of rotatable bonds is 6. The fraction of sp³-hybridized carbons (Fsp3) is 0.333. The van der Waals surface area contributed by atoms with E-state index in [9.17, 15) is 9.59 Å². The molecule has 0 bridgehead atoms. The van der Waals surface area contributed by atoms with Crippen LogP contribution in [0.2, 0.25) is 0 Å². The van der Waals surface area contributed by atoms with E-state index in [2.05, 4.69) is 24.0 Å². The third-order valence-electron chi connectivity index (χ3n) is 3.86. The molecule has 2 rings (SSSR count). The number of Topliss-reactive ketones (excluding diaryl/α,β-unsaturated/α-hetero) is 1. The van der Waals surface area contributed by atoms with Crippen molar-refractivity contribution in [2.75, 3.05) is 12.9 Å². The largest absolute Gasteiger partial charge is 0.465 e. The summed E-state index contributed by atoms with van der Waals surface area (Å²) in [4.78, 5) is 27.2. The standard InChI is InChI=1S/C18H21NO3S/c1-11-7-5-6-8-14(11)9-23-10-15(20)17-12(2)16(13(3)19-17)18(21)22-4/h5-8,19H,9-10H2,1-4H3. The average molecular weight is 331 g/mol. The van der Waals surface area contributed by atoms with Gasteiger partial charge in [-0.3, -0.25) is 4.79 Å². The molecular weight excluding hydrogens is 310 g/mol. The van der Waals surface area contributed by atoms with Gasteiger partial charge >= 0.3 is 5.97 Å². The minimum atomic E-state index is -0.414. The van der Waals surface area contributed by atoms with Crippen molar-refractivity contribution < 1.29 is 14.3 Å². The molecule has 1 aromatic carbocycles. The summed E-state index contributed by atoms with van der Waals surface area (Å²) < 4.78 is 4.77. The number of ketones is 1. The Kier molecular flexibility index (Phi) is 5.66. The molecule has 5 heteroatoms. The lowest BCUT2D eigenvalue weighted by atomic mass is 10.1. The fourth-order valence-corrected chi connectivity index (χ4v) is 3.51. The highest BCUT2D eigenvalue weighted by Crippen LogP contribution is 2.22. The lowest BCUT2D eigenvalue weighted by molar-refractivity contribution is 0.0599. The molecule has 1 aromatic heterocycles. The normalized spacial score (nSPS) is 10.6. The van der Waals surface area contributed by atoms with Gasteiger partial charge in [0, 0.05) is 11.4 Å². The van der Waals surface area contributed by atoms with Gasteiger partial charge in [0.1, 0.15) is 0 Å². The first-order valence-corrected chi connectivity index (χ1v) is 8.54. The van der Waals surface area contributed by atoms with Crippen LogP contribution in [0.15, 0.2) is 24.3 Å². The van der Waals surface area contributed by atoms with E-state index in [-0.39, 0.29) is 5.78 Å². The van der Waals surface area contributed by atoms with E-state index in [1.165, 1.54) is 18.2 Å². The van der Waals surface area contributed by atoms with Crippen molar-refractivity contribution >= 4 is 23.5 Å². The molecule has 0 unspecified atom stereocenters. The quantitative estimate of drug-likeness (QED) is 0.645. The Labute approximate surface area is 140 Å². The molecule has 4 nitrogen and oxygen atoms in total. The third kappa shape index (κ3) is 3.85. The maximum Gasteiger partial charge on any atom is 0.339 e. The molecule has 0 amide bonds. The molecule has 0 aliphatic rings. The SMILES string of the molecule is COC(=O)c1c(C)[nH]c(C(=O)CSCc2ccccc2C)c1C. The third-order valence-corrected chi connectivity index (χ3v) is 4.84. The molecule has 1 heterocycles. The Morgan fingerprint density at radius 1 is 1.17 bits per heavy atom. The predicted octanol–water partition coefficient (Wildman–Crippen LogP) is 3.84. The number of aromatic amines is 1. The molecule has 0 aliphatic carbocycles. The van der Waals surface area contributed by atoms with E-state index < -0.39 is 5.97 Å². The van der Waals surface area contributed by atoms with Crippen LogP contribution in [0.3, 0.4) is 0 Å². The van der Waals surface area contributed by atoms with Gasteiger partial charge in [-0.05, 0) is 37.5 Å².